The van der Waals surface area contributed by atoms with Crippen molar-refractivity contribution < 1.29 is 43.1 Å². The van der Waals surface area contributed by atoms with Gasteiger partial charge in [0.25, 0.3) is 6.43 Å². The average molecular weight is 303 g/mol. The molecule has 0 aliphatic heterocycles. The number of hydrogen-bond acceptors (Lipinski definition) is 4. The molecule has 1 aromatic carbocycles. The molecular weight excluding hydrogens is 291 g/mol. The van der Waals surface area contributed by atoms with E-state index in [2.05, 4.69) is 20.8 Å². The van der Waals surface area contributed by atoms with Crippen LogP contribution in [0.5, 0.6) is 0 Å². The van der Waals surface area contributed by atoms with Crippen molar-refractivity contribution in [2.24, 2.45) is 7.05 Å². The summed E-state index contributed by atoms with van der Waals surface area (Å²) in [5.41, 5.74) is 1.04. The molecule has 0 unspecified atom stereocenters. The van der Waals surface area contributed by atoms with Crippen LogP contribution in [-0.4, -0.2) is 26.1 Å². The normalized spacial score (nSPS) is 10.4. The third-order valence-corrected chi connectivity index (χ3v) is 3.09. The zero-order valence-electron chi connectivity index (χ0n) is 12.1. The van der Waals surface area contributed by atoms with E-state index in [1.165, 1.54) is 16.8 Å². The number of hydrogen-bond donors (Lipinski definition) is 0. The summed E-state index contributed by atoms with van der Waals surface area (Å²) in [6.07, 6.45) is -2.57. The number of aryl methyl sites for hydroxylation is 1. The van der Waals surface area contributed by atoms with Crippen LogP contribution >= 0.6 is 0 Å². The molecule has 0 fully saturated rings. The Hall–Kier alpha value is -1.38. The van der Waals surface area contributed by atoms with E-state index < -0.39 is 12.3 Å². The second kappa shape index (κ2) is 7.06. The van der Waals surface area contributed by atoms with Crippen LogP contribution in [0.3, 0.4) is 0 Å². The van der Waals surface area contributed by atoms with Crippen LogP contribution in [-0.2, 0) is 7.05 Å². The van der Waals surface area contributed by atoms with Gasteiger partial charge in [-0.3, -0.25) is 9.89 Å². The number of carbonyl (C=O) groups excluding carboxylic acids is 1. The maximum absolute atomic E-state index is 12.8. The first-order chi connectivity index (χ1) is 9.41. The van der Waals surface area contributed by atoms with Gasteiger partial charge in [-0.1, -0.05) is 12.1 Å². The number of halogens is 2. The first-order valence-electron chi connectivity index (χ1n) is 5.78. The van der Waals surface area contributed by atoms with E-state index in [0.717, 1.165) is 0 Å². The van der Waals surface area contributed by atoms with Crippen molar-refractivity contribution in [1.82, 2.24) is 20.2 Å². The minimum atomic E-state index is -2.57. The van der Waals surface area contributed by atoms with E-state index in [-0.39, 0.29) is 46.6 Å². The predicted octanol–water partition coefficient (Wildman–Crippen LogP) is -0.386. The van der Waals surface area contributed by atoms with E-state index in [9.17, 15) is 13.6 Å². The fourth-order valence-corrected chi connectivity index (χ4v) is 1.78. The molecule has 1 heterocycles. The molecule has 0 radical (unpaired) electrons. The minimum Gasteiger partial charge on any atom is -0.320 e. The molecule has 0 saturated carbocycles. The van der Waals surface area contributed by atoms with E-state index >= 15 is 0 Å². The number of benzene rings is 1. The van der Waals surface area contributed by atoms with Crippen molar-refractivity contribution in [3.63, 3.8) is 0 Å². The van der Waals surface area contributed by atoms with Gasteiger partial charge in [0.15, 0.2) is 0 Å². The van der Waals surface area contributed by atoms with E-state index in [1.54, 1.807) is 20.9 Å². The van der Waals surface area contributed by atoms with Crippen LogP contribution < -0.4 is 29.6 Å². The Morgan fingerprint density at radius 1 is 1.29 bits per heavy atom. The molecule has 0 saturated heterocycles. The second-order valence-electron chi connectivity index (χ2n) is 4.27. The van der Waals surface area contributed by atoms with Crippen molar-refractivity contribution in [1.29, 1.82) is 0 Å². The smallest absolute Gasteiger partial charge is 0.320 e. The van der Waals surface area contributed by atoms with Gasteiger partial charge in [-0.05, 0) is 32.0 Å². The van der Waals surface area contributed by atoms with E-state index in [4.69, 9.17) is 0 Å². The Bertz CT molecular complexity index is 659. The molecule has 9 heteroatoms. The van der Waals surface area contributed by atoms with Crippen molar-refractivity contribution >= 4 is 11.9 Å². The maximum atomic E-state index is 12.8. The summed E-state index contributed by atoms with van der Waals surface area (Å²) >= 11 is 0. The van der Waals surface area contributed by atoms with Gasteiger partial charge in [-0.2, -0.15) is 0 Å². The number of carbonyl (C=O) groups is 1. The Balaban J connectivity index is 0.00000220. The van der Waals surface area contributed by atoms with Crippen molar-refractivity contribution in [2.45, 2.75) is 20.3 Å². The van der Waals surface area contributed by atoms with Crippen LogP contribution in [0.25, 0.3) is 5.32 Å². The van der Waals surface area contributed by atoms with Gasteiger partial charge in [0.05, 0.1) is 5.95 Å². The van der Waals surface area contributed by atoms with Gasteiger partial charge in [-0.15, -0.1) is 10.4 Å². The van der Waals surface area contributed by atoms with Gasteiger partial charge < -0.3 is 10.00 Å². The summed E-state index contributed by atoms with van der Waals surface area (Å²) < 4.78 is 26.8. The number of nitrogens with zero attached hydrogens (tertiary/aromatic N) is 5. The fourth-order valence-electron chi connectivity index (χ4n) is 1.78. The predicted molar refractivity (Wildman–Crippen MR) is 67.0 cm³/mol. The average Bonchev–Trinajstić information content (AvgIpc) is 2.77. The van der Waals surface area contributed by atoms with E-state index in [1.807, 2.05) is 0 Å². The summed E-state index contributed by atoms with van der Waals surface area (Å²) in [5.74, 6) is -0.505. The quantitative estimate of drug-likeness (QED) is 0.724. The van der Waals surface area contributed by atoms with Crippen LogP contribution in [0.15, 0.2) is 12.1 Å². The number of amides is 1. The van der Waals surface area contributed by atoms with Gasteiger partial charge >= 0.3 is 29.6 Å². The first-order valence-corrected chi connectivity index (χ1v) is 5.78. The zero-order valence-corrected chi connectivity index (χ0v) is 14.1. The molecule has 106 valence electrons. The Morgan fingerprint density at radius 2 is 1.95 bits per heavy atom. The number of alkyl halides is 2. The molecule has 1 amide bonds. The van der Waals surface area contributed by atoms with Crippen LogP contribution in [0.2, 0.25) is 0 Å². The fraction of sp³-hybridized carbons (Fsp3) is 0.333. The molecule has 6 nitrogen and oxygen atoms in total. The topological polar surface area (TPSA) is 74.8 Å². The van der Waals surface area contributed by atoms with Crippen LogP contribution in [0, 0.1) is 13.8 Å². The summed E-state index contributed by atoms with van der Waals surface area (Å²) in [6.45, 7) is 3.16. The van der Waals surface area contributed by atoms with Crippen LogP contribution in [0.1, 0.15) is 33.5 Å². The summed E-state index contributed by atoms with van der Waals surface area (Å²) in [4.78, 5) is 12.1. The Labute approximate surface area is 142 Å². The molecule has 0 aliphatic rings. The maximum Gasteiger partial charge on any atom is 1.00 e. The Kier molecular flexibility index (Phi) is 5.94. The third-order valence-electron chi connectivity index (χ3n) is 3.09. The molecule has 21 heavy (non-hydrogen) atoms. The third kappa shape index (κ3) is 3.63. The summed E-state index contributed by atoms with van der Waals surface area (Å²) in [6, 6.07) is 2.59. The molecule has 0 aliphatic carbocycles. The monoisotopic (exact) mass is 303 g/mol. The Morgan fingerprint density at radius 3 is 2.48 bits per heavy atom. The molecular formula is C12H12F2N5NaO. The van der Waals surface area contributed by atoms with Crippen LogP contribution in [0.4, 0.5) is 14.7 Å². The summed E-state index contributed by atoms with van der Waals surface area (Å²) in [5, 5.41) is 14.3. The van der Waals surface area contributed by atoms with Crippen molar-refractivity contribution in [2.75, 3.05) is 0 Å². The number of rotatable bonds is 3. The zero-order chi connectivity index (χ0) is 14.9. The van der Waals surface area contributed by atoms with Gasteiger partial charge in [0, 0.05) is 11.1 Å². The molecule has 2 rings (SSSR count). The van der Waals surface area contributed by atoms with Gasteiger partial charge in [0.2, 0.25) is 5.91 Å². The minimum absolute atomic E-state index is 0. The molecule has 0 spiro atoms. The van der Waals surface area contributed by atoms with Crippen molar-refractivity contribution in [3.05, 3.63) is 39.7 Å². The first kappa shape index (κ1) is 17.7. The van der Waals surface area contributed by atoms with Gasteiger partial charge in [0.1, 0.15) is 0 Å². The number of aromatic nitrogens is 4. The van der Waals surface area contributed by atoms with E-state index in [0.29, 0.717) is 11.1 Å². The molecule has 2 aromatic rings. The molecule has 1 aromatic heterocycles. The second-order valence-corrected chi connectivity index (χ2v) is 4.27. The van der Waals surface area contributed by atoms with Gasteiger partial charge in [-0.25, -0.2) is 8.78 Å². The number of tetrazole rings is 1. The molecule has 0 bridgehead atoms. The SMILES string of the molecule is Cc1c(C(=O)[N-]c2nnnn2C)ccc(C(F)F)c1C.[Na+]. The molecule has 0 atom stereocenters. The van der Waals surface area contributed by atoms with Crippen molar-refractivity contribution in [3.8, 4) is 0 Å². The largest absolute Gasteiger partial charge is 1.00 e. The molecule has 0 N–H and O–H groups in total. The standard InChI is InChI=1S/C12H13F2N5O.Na/c1-6-7(2)9(5-4-8(6)10(13)14)11(20)15-12-16-17-18-19(12)3;/h4-5,10H,1-3H3,(H,15,16,18,20);/q;+1/p-1. The summed E-state index contributed by atoms with van der Waals surface area (Å²) in [7, 11) is 1.55.